The molecule has 0 saturated heterocycles. The van der Waals surface area contributed by atoms with Crippen LogP contribution in [0, 0.1) is 0 Å². The number of para-hydroxylation sites is 2. The van der Waals surface area contributed by atoms with Gasteiger partial charge < -0.3 is 13.3 Å². The molecule has 0 unspecified atom stereocenters. The van der Waals surface area contributed by atoms with E-state index < -0.39 is 0 Å². The first-order valence-corrected chi connectivity index (χ1v) is 17.2. The normalized spacial score (nSPS) is 11.9. The molecule has 0 spiro atoms. The molecule has 0 radical (unpaired) electrons. The highest BCUT2D eigenvalue weighted by atomic mass is 16.3. The van der Waals surface area contributed by atoms with E-state index in [2.05, 4.69) is 133 Å². The minimum atomic E-state index is 0.883. The van der Waals surface area contributed by atoms with Gasteiger partial charge in [0.25, 0.3) is 0 Å². The van der Waals surface area contributed by atoms with Crippen LogP contribution in [0.15, 0.2) is 183 Å². The standard InChI is InChI=1S/C48H28O3/c1-3-11-41-39(7-1)47-35(9-5-13-43(47)49-41)31-19-15-29(16-20-31)33-23-25-37-38-26-24-34(28-46(38)51-45(37)27-33)30-17-21-32(22-18-30)36-10-6-14-44-48(36)40-8-2-4-12-42(40)50-44/h1-28H. The molecule has 0 aliphatic heterocycles. The summed E-state index contributed by atoms with van der Waals surface area (Å²) in [6.07, 6.45) is 0. The zero-order valence-electron chi connectivity index (χ0n) is 27.4. The van der Waals surface area contributed by atoms with Crippen molar-refractivity contribution in [3.8, 4) is 44.5 Å². The molecule has 51 heavy (non-hydrogen) atoms. The van der Waals surface area contributed by atoms with E-state index in [4.69, 9.17) is 13.3 Å². The summed E-state index contributed by atoms with van der Waals surface area (Å²) in [7, 11) is 0. The van der Waals surface area contributed by atoms with Crippen LogP contribution < -0.4 is 0 Å². The van der Waals surface area contributed by atoms with Gasteiger partial charge in [0.15, 0.2) is 0 Å². The summed E-state index contributed by atoms with van der Waals surface area (Å²) in [5, 5.41) is 6.82. The Morgan fingerprint density at radius 3 is 1.08 bits per heavy atom. The molecular formula is C48H28O3. The Labute approximate surface area is 292 Å². The number of rotatable bonds is 4. The van der Waals surface area contributed by atoms with Crippen LogP contribution in [0.1, 0.15) is 0 Å². The number of hydrogen-bond acceptors (Lipinski definition) is 3. The van der Waals surface area contributed by atoms with Crippen molar-refractivity contribution in [2.75, 3.05) is 0 Å². The third kappa shape index (κ3) is 4.38. The Bertz CT molecular complexity index is 2900. The van der Waals surface area contributed by atoms with E-state index in [0.29, 0.717) is 0 Å². The number of hydrogen-bond donors (Lipinski definition) is 0. The van der Waals surface area contributed by atoms with Crippen LogP contribution in [-0.4, -0.2) is 0 Å². The summed E-state index contributed by atoms with van der Waals surface area (Å²) in [5.74, 6) is 0. The molecule has 0 aliphatic rings. The predicted molar refractivity (Wildman–Crippen MR) is 210 cm³/mol. The van der Waals surface area contributed by atoms with Crippen molar-refractivity contribution in [2.45, 2.75) is 0 Å². The van der Waals surface area contributed by atoms with Crippen LogP contribution in [-0.2, 0) is 0 Å². The molecular weight excluding hydrogens is 625 g/mol. The molecule has 238 valence electrons. The van der Waals surface area contributed by atoms with Crippen molar-refractivity contribution in [1.29, 1.82) is 0 Å². The smallest absolute Gasteiger partial charge is 0.136 e. The van der Waals surface area contributed by atoms with Crippen LogP contribution in [0.2, 0.25) is 0 Å². The largest absolute Gasteiger partial charge is 0.456 e. The van der Waals surface area contributed by atoms with Gasteiger partial charge in [-0.25, -0.2) is 0 Å². The number of furan rings is 3. The first kappa shape index (κ1) is 28.0. The third-order valence-electron chi connectivity index (χ3n) is 10.3. The summed E-state index contributed by atoms with van der Waals surface area (Å²) in [4.78, 5) is 0. The minimum Gasteiger partial charge on any atom is -0.456 e. The Morgan fingerprint density at radius 2 is 0.608 bits per heavy atom. The molecule has 0 N–H and O–H groups in total. The molecule has 0 amide bonds. The molecule has 11 rings (SSSR count). The van der Waals surface area contributed by atoms with Gasteiger partial charge in [-0.3, -0.25) is 0 Å². The fourth-order valence-corrected chi connectivity index (χ4v) is 7.85. The van der Waals surface area contributed by atoms with Crippen molar-refractivity contribution in [3.63, 3.8) is 0 Å². The Balaban J connectivity index is 0.911. The maximum absolute atomic E-state index is 6.50. The van der Waals surface area contributed by atoms with Crippen LogP contribution in [0.4, 0.5) is 0 Å². The zero-order chi connectivity index (χ0) is 33.5. The lowest BCUT2D eigenvalue weighted by Gasteiger charge is -2.07. The lowest BCUT2D eigenvalue weighted by Crippen LogP contribution is -1.82. The van der Waals surface area contributed by atoms with Gasteiger partial charge in [-0.05, 0) is 93.0 Å². The lowest BCUT2D eigenvalue weighted by molar-refractivity contribution is 0.668. The lowest BCUT2D eigenvalue weighted by atomic mass is 9.96. The Kier molecular flexibility index (Phi) is 5.96. The minimum absolute atomic E-state index is 0.883. The van der Waals surface area contributed by atoms with E-state index >= 15 is 0 Å². The Hall–Kier alpha value is -6.84. The van der Waals surface area contributed by atoms with Gasteiger partial charge in [-0.15, -0.1) is 0 Å². The van der Waals surface area contributed by atoms with Gasteiger partial charge >= 0.3 is 0 Å². The van der Waals surface area contributed by atoms with E-state index in [1.54, 1.807) is 0 Å². The van der Waals surface area contributed by atoms with Crippen LogP contribution in [0.5, 0.6) is 0 Å². The predicted octanol–water partition coefficient (Wildman–Crippen LogP) is 14.1. The van der Waals surface area contributed by atoms with Crippen molar-refractivity contribution in [3.05, 3.63) is 170 Å². The maximum Gasteiger partial charge on any atom is 0.136 e. The van der Waals surface area contributed by atoms with Gasteiger partial charge in [-0.1, -0.05) is 121 Å². The van der Waals surface area contributed by atoms with Gasteiger partial charge in [0.1, 0.15) is 33.5 Å². The van der Waals surface area contributed by atoms with Crippen molar-refractivity contribution >= 4 is 65.8 Å². The number of fused-ring (bicyclic) bond motifs is 9. The van der Waals surface area contributed by atoms with Crippen molar-refractivity contribution in [1.82, 2.24) is 0 Å². The van der Waals surface area contributed by atoms with E-state index in [-0.39, 0.29) is 0 Å². The molecule has 0 bridgehead atoms. The highest BCUT2D eigenvalue weighted by Crippen LogP contribution is 2.40. The van der Waals surface area contributed by atoms with E-state index in [1.807, 2.05) is 36.4 Å². The molecule has 0 fully saturated rings. The first-order chi connectivity index (χ1) is 25.2. The average Bonchev–Trinajstić information content (AvgIpc) is 3.88. The second kappa shape index (κ2) is 10.8. The second-order valence-electron chi connectivity index (χ2n) is 13.2. The fraction of sp³-hybridized carbons (Fsp3) is 0. The summed E-state index contributed by atoms with van der Waals surface area (Å²) in [6.45, 7) is 0. The first-order valence-electron chi connectivity index (χ1n) is 17.2. The van der Waals surface area contributed by atoms with Crippen LogP contribution in [0.25, 0.3) is 110 Å². The van der Waals surface area contributed by atoms with E-state index in [0.717, 1.165) is 99.2 Å². The topological polar surface area (TPSA) is 39.4 Å². The van der Waals surface area contributed by atoms with Gasteiger partial charge in [0.2, 0.25) is 0 Å². The molecule has 0 atom stereocenters. The fourth-order valence-electron chi connectivity index (χ4n) is 7.85. The number of benzene rings is 8. The summed E-state index contributed by atoms with van der Waals surface area (Å²) in [6, 6.07) is 59.6. The highest BCUT2D eigenvalue weighted by Gasteiger charge is 2.15. The average molecular weight is 653 g/mol. The monoisotopic (exact) mass is 652 g/mol. The quantitative estimate of drug-likeness (QED) is 0.190. The summed E-state index contributed by atoms with van der Waals surface area (Å²) >= 11 is 0. The van der Waals surface area contributed by atoms with Crippen molar-refractivity contribution in [2.24, 2.45) is 0 Å². The van der Waals surface area contributed by atoms with Crippen molar-refractivity contribution < 1.29 is 13.3 Å². The maximum atomic E-state index is 6.50. The van der Waals surface area contributed by atoms with Gasteiger partial charge in [-0.2, -0.15) is 0 Å². The van der Waals surface area contributed by atoms with E-state index in [1.165, 1.54) is 11.1 Å². The highest BCUT2D eigenvalue weighted by molar-refractivity contribution is 6.13. The SMILES string of the molecule is c1ccc2c(c1)oc1cccc(-c3ccc(-c4ccc5c(c4)oc4cc(-c6ccc(-c7cccc8oc9ccccc9c78)cc6)ccc45)cc3)c12. The molecule has 0 saturated carbocycles. The van der Waals surface area contributed by atoms with Crippen LogP contribution in [0.3, 0.4) is 0 Å². The molecule has 3 heteroatoms. The Morgan fingerprint density at radius 1 is 0.235 bits per heavy atom. The molecule has 3 aromatic heterocycles. The van der Waals surface area contributed by atoms with Gasteiger partial charge in [0, 0.05) is 32.3 Å². The third-order valence-corrected chi connectivity index (χ3v) is 10.3. The molecule has 0 aliphatic carbocycles. The van der Waals surface area contributed by atoms with Gasteiger partial charge in [0.05, 0.1) is 0 Å². The molecule has 3 heterocycles. The van der Waals surface area contributed by atoms with E-state index in [9.17, 15) is 0 Å². The second-order valence-corrected chi connectivity index (χ2v) is 13.2. The zero-order valence-corrected chi connectivity index (χ0v) is 27.4. The summed E-state index contributed by atoms with van der Waals surface area (Å²) in [5.41, 5.74) is 14.6. The molecule has 3 nitrogen and oxygen atoms in total. The molecule has 8 aromatic carbocycles. The summed E-state index contributed by atoms with van der Waals surface area (Å²) < 4.78 is 18.8. The van der Waals surface area contributed by atoms with Crippen LogP contribution >= 0.6 is 0 Å². The molecule has 11 aromatic rings.